The molecule has 1 aromatic carbocycles. The summed E-state index contributed by atoms with van der Waals surface area (Å²) in [6.07, 6.45) is 2.68. The van der Waals surface area contributed by atoms with Gasteiger partial charge in [0.25, 0.3) is 5.91 Å². The zero-order chi connectivity index (χ0) is 20.1. The van der Waals surface area contributed by atoms with Gasteiger partial charge in [0.15, 0.2) is 5.13 Å². The maximum atomic E-state index is 13.4. The Morgan fingerprint density at radius 2 is 1.89 bits per heavy atom. The zero-order valence-electron chi connectivity index (χ0n) is 17.2. The second-order valence-electron chi connectivity index (χ2n) is 6.67. The fourth-order valence-electron chi connectivity index (χ4n) is 3.26. The van der Waals surface area contributed by atoms with Crippen LogP contribution in [0, 0.1) is 0 Å². The van der Waals surface area contributed by atoms with Crippen molar-refractivity contribution in [2.75, 3.05) is 31.1 Å². The molecular weight excluding hydrogens is 370 g/mol. The first-order valence-electron chi connectivity index (χ1n) is 10.1. The van der Waals surface area contributed by atoms with Crippen molar-refractivity contribution in [2.45, 2.75) is 40.7 Å². The van der Waals surface area contributed by atoms with Crippen LogP contribution >= 0.6 is 11.3 Å². The van der Waals surface area contributed by atoms with Crippen LogP contribution in [0.5, 0.6) is 0 Å². The minimum atomic E-state index is -0.0405. The molecule has 0 saturated heterocycles. The molecule has 0 spiro atoms. The monoisotopic (exact) mass is 399 g/mol. The first-order chi connectivity index (χ1) is 13.6. The number of nitrogens with zero attached hydrogens (tertiary/aromatic N) is 5. The smallest absolute Gasteiger partial charge is 0.278 e. The van der Waals surface area contributed by atoms with E-state index in [0.29, 0.717) is 18.8 Å². The summed E-state index contributed by atoms with van der Waals surface area (Å²) in [7, 11) is 0. The molecule has 0 N–H and O–H groups in total. The van der Waals surface area contributed by atoms with Gasteiger partial charge >= 0.3 is 0 Å². The molecule has 7 heteroatoms. The van der Waals surface area contributed by atoms with Crippen molar-refractivity contribution in [3.05, 3.63) is 41.7 Å². The van der Waals surface area contributed by atoms with Crippen LogP contribution in [-0.4, -0.2) is 51.8 Å². The molecule has 6 nitrogen and oxygen atoms in total. The van der Waals surface area contributed by atoms with Crippen LogP contribution in [0.1, 0.15) is 43.7 Å². The Hall–Kier alpha value is -2.25. The van der Waals surface area contributed by atoms with Crippen LogP contribution in [0.2, 0.25) is 0 Å². The van der Waals surface area contributed by atoms with E-state index in [-0.39, 0.29) is 5.91 Å². The number of aromatic nitrogens is 3. The van der Waals surface area contributed by atoms with Gasteiger partial charge in [-0.1, -0.05) is 38.2 Å². The largest absolute Gasteiger partial charge is 0.302 e. The molecule has 0 aliphatic carbocycles. The SMILES string of the molecule is CCc1ccc2nc(N(CCN(CC)CC)C(=O)c3ccnn3CC)sc2c1. The highest BCUT2D eigenvalue weighted by Crippen LogP contribution is 2.30. The van der Waals surface area contributed by atoms with E-state index in [1.807, 2.05) is 11.8 Å². The summed E-state index contributed by atoms with van der Waals surface area (Å²) < 4.78 is 2.87. The van der Waals surface area contributed by atoms with Gasteiger partial charge in [-0.25, -0.2) is 4.98 Å². The molecule has 0 bridgehead atoms. The van der Waals surface area contributed by atoms with Crippen LogP contribution in [0.25, 0.3) is 10.2 Å². The van der Waals surface area contributed by atoms with Gasteiger partial charge in [0.2, 0.25) is 0 Å². The third-order valence-corrected chi connectivity index (χ3v) is 6.14. The number of anilines is 1. The number of amides is 1. The summed E-state index contributed by atoms with van der Waals surface area (Å²) in [6, 6.07) is 8.14. The summed E-state index contributed by atoms with van der Waals surface area (Å²) in [4.78, 5) is 22.3. The van der Waals surface area contributed by atoms with Gasteiger partial charge in [-0.05, 0) is 50.2 Å². The Morgan fingerprint density at radius 1 is 1.11 bits per heavy atom. The topological polar surface area (TPSA) is 54.3 Å². The molecule has 3 aromatic rings. The number of benzene rings is 1. The molecule has 0 aliphatic rings. The van der Waals surface area contributed by atoms with Gasteiger partial charge in [-0.2, -0.15) is 5.10 Å². The predicted octanol–water partition coefficient (Wildman–Crippen LogP) is 4.06. The zero-order valence-corrected chi connectivity index (χ0v) is 18.0. The molecular formula is C21H29N5OS. The lowest BCUT2D eigenvalue weighted by Gasteiger charge is -2.24. The Bertz CT molecular complexity index is 928. The molecule has 0 fully saturated rings. The second kappa shape index (κ2) is 9.30. The normalized spacial score (nSPS) is 11.5. The van der Waals surface area contributed by atoms with Crippen LogP contribution in [-0.2, 0) is 13.0 Å². The molecule has 150 valence electrons. The van der Waals surface area contributed by atoms with Gasteiger partial charge in [0.1, 0.15) is 5.69 Å². The predicted molar refractivity (Wildman–Crippen MR) is 116 cm³/mol. The molecule has 0 aliphatic heterocycles. The maximum absolute atomic E-state index is 13.4. The highest BCUT2D eigenvalue weighted by molar-refractivity contribution is 7.22. The average Bonchev–Trinajstić information content (AvgIpc) is 3.36. The lowest BCUT2D eigenvalue weighted by molar-refractivity contribution is 0.0973. The molecule has 28 heavy (non-hydrogen) atoms. The summed E-state index contributed by atoms with van der Waals surface area (Å²) in [5.74, 6) is -0.0405. The van der Waals surface area contributed by atoms with Crippen LogP contribution in [0.3, 0.4) is 0 Å². The van der Waals surface area contributed by atoms with Crippen LogP contribution in [0.4, 0.5) is 5.13 Å². The van der Waals surface area contributed by atoms with Crippen molar-refractivity contribution >= 4 is 32.6 Å². The summed E-state index contributed by atoms with van der Waals surface area (Å²) in [6.45, 7) is 12.4. The lowest BCUT2D eigenvalue weighted by atomic mass is 10.2. The van der Waals surface area contributed by atoms with E-state index >= 15 is 0 Å². The van der Waals surface area contributed by atoms with E-state index in [4.69, 9.17) is 4.98 Å². The van der Waals surface area contributed by atoms with Gasteiger partial charge in [0, 0.05) is 25.8 Å². The summed E-state index contributed by atoms with van der Waals surface area (Å²) in [5.41, 5.74) is 2.84. The third-order valence-electron chi connectivity index (χ3n) is 5.10. The van der Waals surface area contributed by atoms with E-state index in [2.05, 4.69) is 49.0 Å². The van der Waals surface area contributed by atoms with E-state index in [1.54, 1.807) is 28.3 Å². The molecule has 0 atom stereocenters. The molecule has 0 saturated carbocycles. The standard InChI is InChI=1S/C21H29N5OS/c1-5-16-9-10-17-19(15-16)28-21(23-17)25(14-13-24(6-2)7-3)20(27)18-11-12-22-26(18)8-4/h9-12,15H,5-8,13-14H2,1-4H3. The molecule has 0 unspecified atom stereocenters. The summed E-state index contributed by atoms with van der Waals surface area (Å²) in [5, 5.41) is 5.02. The Labute approximate surface area is 170 Å². The molecule has 0 radical (unpaired) electrons. The fraction of sp³-hybridized carbons (Fsp3) is 0.476. The van der Waals surface area contributed by atoms with E-state index in [0.717, 1.165) is 41.4 Å². The van der Waals surface area contributed by atoms with E-state index in [9.17, 15) is 4.79 Å². The van der Waals surface area contributed by atoms with Crippen molar-refractivity contribution in [1.82, 2.24) is 19.7 Å². The van der Waals surface area contributed by atoms with Crippen molar-refractivity contribution in [1.29, 1.82) is 0 Å². The minimum absolute atomic E-state index is 0.0405. The summed E-state index contributed by atoms with van der Waals surface area (Å²) >= 11 is 1.59. The highest BCUT2D eigenvalue weighted by Gasteiger charge is 2.24. The van der Waals surface area contributed by atoms with Crippen LogP contribution in [0.15, 0.2) is 30.5 Å². The fourth-order valence-corrected chi connectivity index (χ4v) is 4.32. The van der Waals surface area contributed by atoms with Gasteiger partial charge in [-0.15, -0.1) is 0 Å². The Kier molecular flexibility index (Phi) is 6.80. The van der Waals surface area contributed by atoms with E-state index in [1.165, 1.54) is 5.56 Å². The number of rotatable bonds is 9. The van der Waals surface area contributed by atoms with Crippen molar-refractivity contribution < 1.29 is 4.79 Å². The van der Waals surface area contributed by atoms with E-state index < -0.39 is 0 Å². The Morgan fingerprint density at radius 3 is 2.57 bits per heavy atom. The van der Waals surface area contributed by atoms with Gasteiger partial charge in [0.05, 0.1) is 10.2 Å². The number of fused-ring (bicyclic) bond motifs is 1. The lowest BCUT2D eigenvalue weighted by Crippen LogP contribution is -2.39. The quantitative estimate of drug-likeness (QED) is 0.544. The molecule has 2 heterocycles. The minimum Gasteiger partial charge on any atom is -0.302 e. The third kappa shape index (κ3) is 4.25. The Balaban J connectivity index is 1.96. The molecule has 3 rings (SSSR count). The average molecular weight is 400 g/mol. The molecule has 1 amide bonds. The first-order valence-corrected chi connectivity index (χ1v) is 10.9. The maximum Gasteiger partial charge on any atom is 0.278 e. The number of thiazole rings is 1. The first kappa shape index (κ1) is 20.5. The number of carbonyl (C=O) groups excluding carboxylic acids is 1. The van der Waals surface area contributed by atoms with Gasteiger partial charge < -0.3 is 4.90 Å². The van der Waals surface area contributed by atoms with Crippen LogP contribution < -0.4 is 4.90 Å². The number of likely N-dealkylation sites (N-methyl/N-ethyl adjacent to an activating group) is 1. The molecule has 2 aromatic heterocycles. The van der Waals surface area contributed by atoms with Gasteiger partial charge in [-0.3, -0.25) is 14.4 Å². The highest BCUT2D eigenvalue weighted by atomic mass is 32.1. The number of hydrogen-bond donors (Lipinski definition) is 0. The second-order valence-corrected chi connectivity index (χ2v) is 7.68. The van der Waals surface area contributed by atoms with Crippen molar-refractivity contribution in [3.8, 4) is 0 Å². The van der Waals surface area contributed by atoms with Crippen molar-refractivity contribution in [3.63, 3.8) is 0 Å². The number of aryl methyl sites for hydroxylation is 2. The number of carbonyl (C=O) groups is 1. The number of hydrogen-bond acceptors (Lipinski definition) is 5. The van der Waals surface area contributed by atoms with Crippen molar-refractivity contribution in [2.24, 2.45) is 0 Å².